The van der Waals surface area contributed by atoms with Gasteiger partial charge in [0.05, 0.1) is 22.4 Å². The topological polar surface area (TPSA) is 115 Å². The molecule has 0 bridgehead atoms. The van der Waals surface area contributed by atoms with E-state index in [4.69, 9.17) is 9.47 Å². The average Bonchev–Trinajstić information content (AvgIpc) is 3.24. The third-order valence-electron chi connectivity index (χ3n) is 5.97. The number of pyridine rings is 1. The number of carbonyl (C=O) groups is 2. The highest BCUT2D eigenvalue weighted by Gasteiger charge is 2.41. The fourth-order valence-electron chi connectivity index (χ4n) is 4.31. The van der Waals surface area contributed by atoms with Crippen molar-refractivity contribution in [1.29, 1.82) is 0 Å². The summed E-state index contributed by atoms with van der Waals surface area (Å²) in [5.41, 5.74) is 2.02. The number of carbonyl (C=O) groups excluding carboxylic acids is 2. The van der Waals surface area contributed by atoms with Gasteiger partial charge in [-0.2, -0.15) is 0 Å². The van der Waals surface area contributed by atoms with E-state index >= 15 is 0 Å². The van der Waals surface area contributed by atoms with E-state index in [-0.39, 0.29) is 18.0 Å². The van der Waals surface area contributed by atoms with Crippen LogP contribution in [0.4, 0.5) is 0 Å². The number of sulfonamides is 1. The summed E-state index contributed by atoms with van der Waals surface area (Å²) in [4.78, 5) is 29.9. The molecule has 1 fully saturated rings. The first-order valence-electron chi connectivity index (χ1n) is 12.0. The summed E-state index contributed by atoms with van der Waals surface area (Å²) < 4.78 is 40.1. The second kappa shape index (κ2) is 10.5. The molecule has 0 aliphatic carbocycles. The lowest BCUT2D eigenvalue weighted by molar-refractivity contribution is -0.159. The summed E-state index contributed by atoms with van der Waals surface area (Å²) in [6, 6.07) is 15.0. The molecule has 2 aromatic carbocycles. The van der Waals surface area contributed by atoms with Gasteiger partial charge < -0.3 is 14.4 Å². The molecule has 1 aromatic heterocycles. The van der Waals surface area contributed by atoms with Crippen LogP contribution >= 0.6 is 0 Å². The standard InChI is InChI=1S/C27H31N3O6S/c1-18-13-19(22-7-5-6-8-24(22)28-18)16-35-20-9-11-21(12-10-20)37(33,34)29-25-15-30(17-31)14-23(25)26(32)36-27(2,3)4/h5-13,17,23,25,29H,14-16H2,1-4H3. The smallest absolute Gasteiger partial charge is 0.312 e. The predicted octanol–water partition coefficient (Wildman–Crippen LogP) is 3.20. The Bertz CT molecular complexity index is 1400. The Labute approximate surface area is 216 Å². The number of nitrogens with one attached hydrogen (secondary N) is 1. The first-order valence-corrected chi connectivity index (χ1v) is 13.5. The molecule has 2 heterocycles. The Morgan fingerprint density at radius 3 is 2.51 bits per heavy atom. The fourth-order valence-corrected chi connectivity index (χ4v) is 5.58. The Morgan fingerprint density at radius 2 is 1.84 bits per heavy atom. The maximum Gasteiger partial charge on any atom is 0.312 e. The summed E-state index contributed by atoms with van der Waals surface area (Å²) in [5, 5.41) is 0.997. The molecule has 1 aliphatic rings. The van der Waals surface area contributed by atoms with Crippen LogP contribution in [0.1, 0.15) is 32.0 Å². The van der Waals surface area contributed by atoms with Gasteiger partial charge in [0.25, 0.3) is 0 Å². The van der Waals surface area contributed by atoms with Crippen LogP contribution in [0, 0.1) is 12.8 Å². The molecule has 196 valence electrons. The molecule has 1 aliphatic heterocycles. The number of esters is 1. The lowest BCUT2D eigenvalue weighted by Crippen LogP contribution is -2.44. The molecule has 0 saturated carbocycles. The van der Waals surface area contributed by atoms with Gasteiger partial charge in [-0.3, -0.25) is 14.6 Å². The van der Waals surface area contributed by atoms with E-state index in [2.05, 4.69) is 9.71 Å². The summed E-state index contributed by atoms with van der Waals surface area (Å²) in [6.07, 6.45) is 0.602. The van der Waals surface area contributed by atoms with E-state index in [1.165, 1.54) is 17.0 Å². The molecule has 0 spiro atoms. The molecule has 1 saturated heterocycles. The van der Waals surface area contributed by atoms with E-state index in [9.17, 15) is 18.0 Å². The van der Waals surface area contributed by atoms with Crippen molar-refractivity contribution in [3.63, 3.8) is 0 Å². The van der Waals surface area contributed by atoms with Gasteiger partial charge in [-0.05, 0) is 64.1 Å². The zero-order chi connectivity index (χ0) is 26.8. The number of fused-ring (bicyclic) bond motifs is 1. The van der Waals surface area contributed by atoms with Crippen LogP contribution in [0.5, 0.6) is 5.75 Å². The van der Waals surface area contributed by atoms with Crippen molar-refractivity contribution in [1.82, 2.24) is 14.6 Å². The van der Waals surface area contributed by atoms with Crippen LogP contribution in [-0.4, -0.2) is 55.4 Å². The van der Waals surface area contributed by atoms with Crippen LogP contribution < -0.4 is 9.46 Å². The second-order valence-corrected chi connectivity index (χ2v) is 11.8. The Kier molecular flexibility index (Phi) is 7.52. The van der Waals surface area contributed by atoms with Gasteiger partial charge in [-0.15, -0.1) is 0 Å². The van der Waals surface area contributed by atoms with Gasteiger partial charge in [0.1, 0.15) is 18.0 Å². The van der Waals surface area contributed by atoms with E-state index in [0.29, 0.717) is 18.8 Å². The summed E-state index contributed by atoms with van der Waals surface area (Å²) in [6.45, 7) is 7.59. The van der Waals surface area contributed by atoms with Crippen LogP contribution in [0.25, 0.3) is 10.9 Å². The van der Waals surface area contributed by atoms with E-state index in [0.717, 1.165) is 22.2 Å². The van der Waals surface area contributed by atoms with Gasteiger partial charge in [0.2, 0.25) is 16.4 Å². The van der Waals surface area contributed by atoms with Crippen LogP contribution in [0.15, 0.2) is 59.5 Å². The third kappa shape index (κ3) is 6.44. The SMILES string of the molecule is Cc1cc(COc2ccc(S(=O)(=O)NC3CN(C=O)CC3C(=O)OC(C)(C)C)cc2)c2ccccc2n1. The van der Waals surface area contributed by atoms with Crippen LogP contribution in [-0.2, 0) is 31.0 Å². The number of rotatable bonds is 8. The van der Waals surface area contributed by atoms with Crippen molar-refractivity contribution < 1.29 is 27.5 Å². The molecule has 10 heteroatoms. The van der Waals surface area contributed by atoms with E-state index in [1.807, 2.05) is 37.3 Å². The summed E-state index contributed by atoms with van der Waals surface area (Å²) >= 11 is 0. The Hall–Kier alpha value is -3.50. The third-order valence-corrected chi connectivity index (χ3v) is 7.48. The molecule has 1 amide bonds. The van der Waals surface area contributed by atoms with Gasteiger partial charge in [0.15, 0.2) is 0 Å². The van der Waals surface area contributed by atoms with E-state index < -0.39 is 33.6 Å². The zero-order valence-electron chi connectivity index (χ0n) is 21.3. The number of para-hydroxylation sites is 1. The number of aromatic nitrogens is 1. The molecular formula is C27H31N3O6S. The number of hydrogen-bond donors (Lipinski definition) is 1. The van der Waals surface area contributed by atoms with Crippen molar-refractivity contribution in [3.8, 4) is 5.75 Å². The number of benzene rings is 2. The molecule has 2 unspecified atom stereocenters. The lowest BCUT2D eigenvalue weighted by atomic mass is 10.0. The zero-order valence-corrected chi connectivity index (χ0v) is 22.1. The van der Waals surface area contributed by atoms with Crippen molar-refractivity contribution in [2.75, 3.05) is 13.1 Å². The number of ether oxygens (including phenoxy) is 2. The average molecular weight is 526 g/mol. The Balaban J connectivity index is 1.45. The molecule has 37 heavy (non-hydrogen) atoms. The Morgan fingerprint density at radius 1 is 1.14 bits per heavy atom. The number of likely N-dealkylation sites (tertiary alicyclic amines) is 1. The fraction of sp³-hybridized carbons (Fsp3) is 0.370. The predicted molar refractivity (Wildman–Crippen MR) is 138 cm³/mol. The molecule has 3 aromatic rings. The summed E-state index contributed by atoms with van der Waals surface area (Å²) in [5.74, 6) is -0.843. The second-order valence-electron chi connectivity index (χ2n) is 10.1. The van der Waals surface area contributed by atoms with E-state index in [1.54, 1.807) is 32.9 Å². The number of nitrogens with zero attached hydrogens (tertiary/aromatic N) is 2. The first-order chi connectivity index (χ1) is 17.4. The van der Waals surface area contributed by atoms with Crippen molar-refractivity contribution in [2.45, 2.75) is 50.8 Å². The minimum atomic E-state index is -3.97. The molecule has 2 atom stereocenters. The van der Waals surface area contributed by atoms with Crippen molar-refractivity contribution in [2.24, 2.45) is 5.92 Å². The molecule has 9 nitrogen and oxygen atoms in total. The van der Waals surface area contributed by atoms with Gasteiger partial charge in [-0.25, -0.2) is 13.1 Å². The lowest BCUT2D eigenvalue weighted by Gasteiger charge is -2.24. The minimum absolute atomic E-state index is 0.0255. The molecule has 1 N–H and O–H groups in total. The maximum absolute atomic E-state index is 13.1. The van der Waals surface area contributed by atoms with Gasteiger partial charge >= 0.3 is 5.97 Å². The number of aryl methyl sites for hydroxylation is 1. The molecule has 4 rings (SSSR count). The summed E-state index contributed by atoms with van der Waals surface area (Å²) in [7, 11) is -3.97. The van der Waals surface area contributed by atoms with Gasteiger partial charge in [0, 0.05) is 29.7 Å². The minimum Gasteiger partial charge on any atom is -0.489 e. The molecular weight excluding hydrogens is 494 g/mol. The highest BCUT2D eigenvalue weighted by atomic mass is 32.2. The normalized spacial score (nSPS) is 18.1. The quantitative estimate of drug-likeness (QED) is 0.355. The van der Waals surface area contributed by atoms with Crippen LogP contribution in [0.3, 0.4) is 0 Å². The maximum atomic E-state index is 13.1. The van der Waals surface area contributed by atoms with Crippen LogP contribution in [0.2, 0.25) is 0 Å². The highest BCUT2D eigenvalue weighted by molar-refractivity contribution is 7.89. The van der Waals surface area contributed by atoms with Crippen molar-refractivity contribution in [3.05, 3.63) is 65.9 Å². The van der Waals surface area contributed by atoms with Gasteiger partial charge in [-0.1, -0.05) is 18.2 Å². The largest absolute Gasteiger partial charge is 0.489 e. The monoisotopic (exact) mass is 525 g/mol. The molecule has 0 radical (unpaired) electrons. The highest BCUT2D eigenvalue weighted by Crippen LogP contribution is 2.25. The van der Waals surface area contributed by atoms with Crippen molar-refractivity contribution >= 4 is 33.3 Å². The number of amides is 1. The number of hydrogen-bond acceptors (Lipinski definition) is 7. The first kappa shape index (κ1) is 26.6.